The van der Waals surface area contributed by atoms with Crippen molar-refractivity contribution in [3.05, 3.63) is 78.8 Å². The van der Waals surface area contributed by atoms with Gasteiger partial charge in [-0.25, -0.2) is 4.79 Å². The molecule has 123 valence electrons. The summed E-state index contributed by atoms with van der Waals surface area (Å²) in [7, 11) is 0. The Bertz CT molecular complexity index is 677. The number of allylic oxidation sites excluding steroid dienone is 4. The second-order valence-corrected chi connectivity index (χ2v) is 5.30. The van der Waals surface area contributed by atoms with E-state index in [4.69, 9.17) is 4.74 Å². The van der Waals surface area contributed by atoms with Crippen LogP contribution < -0.4 is 0 Å². The minimum absolute atomic E-state index is 0.325. The molecule has 3 nitrogen and oxygen atoms in total. The van der Waals surface area contributed by atoms with Crippen LogP contribution in [0.25, 0.3) is 0 Å². The number of carbonyl (C=O) groups excluding carboxylic acids is 1. The molecule has 3 heteroatoms. The van der Waals surface area contributed by atoms with Crippen molar-refractivity contribution in [3.63, 3.8) is 0 Å². The fourth-order valence-corrected chi connectivity index (χ4v) is 2.37. The molecule has 0 spiro atoms. The molecular weight excluding hydrogens is 298 g/mol. The molecule has 0 heterocycles. The largest absolute Gasteiger partial charge is 0.464 e. The standard InChI is InChI=1S/C21H22NO2/c1-3-16-22(17-19-12-6-5-7-13-19)20(21(23)24-4-2)15-14-18-10-8-9-11-18/h3,5-13,20H,1,4,16-17H2,2H3. The van der Waals surface area contributed by atoms with Gasteiger partial charge in [0.2, 0.25) is 0 Å². The number of nitrogens with zero attached hydrogens (tertiary/aromatic N) is 1. The molecule has 0 aromatic heterocycles. The van der Waals surface area contributed by atoms with Gasteiger partial charge in [-0.1, -0.05) is 66.5 Å². The van der Waals surface area contributed by atoms with Crippen LogP contribution in [0.2, 0.25) is 0 Å². The lowest BCUT2D eigenvalue weighted by molar-refractivity contribution is -0.147. The van der Waals surface area contributed by atoms with Gasteiger partial charge in [0.25, 0.3) is 0 Å². The minimum Gasteiger partial charge on any atom is -0.464 e. The molecule has 1 aromatic rings. The fourth-order valence-electron chi connectivity index (χ4n) is 2.37. The van der Waals surface area contributed by atoms with Crippen LogP contribution in [-0.2, 0) is 16.1 Å². The minimum atomic E-state index is -0.627. The summed E-state index contributed by atoms with van der Waals surface area (Å²) in [6.45, 7) is 7.08. The van der Waals surface area contributed by atoms with E-state index in [2.05, 4.69) is 18.4 Å². The molecule has 1 aliphatic carbocycles. The van der Waals surface area contributed by atoms with E-state index < -0.39 is 6.04 Å². The summed E-state index contributed by atoms with van der Waals surface area (Å²) in [5.41, 5.74) is 2.01. The molecule has 24 heavy (non-hydrogen) atoms. The Morgan fingerprint density at radius 3 is 2.79 bits per heavy atom. The van der Waals surface area contributed by atoms with Gasteiger partial charge in [0.05, 0.1) is 6.61 Å². The number of esters is 1. The average Bonchev–Trinajstić information content (AvgIpc) is 3.10. The van der Waals surface area contributed by atoms with Crippen LogP contribution in [0.15, 0.2) is 66.8 Å². The summed E-state index contributed by atoms with van der Waals surface area (Å²) in [6.07, 6.45) is 9.47. The maximum atomic E-state index is 12.4. The first-order chi connectivity index (χ1) is 11.7. The van der Waals surface area contributed by atoms with Crippen LogP contribution in [0, 0.1) is 18.3 Å². The summed E-state index contributed by atoms with van der Waals surface area (Å²) < 4.78 is 5.22. The van der Waals surface area contributed by atoms with Crippen LogP contribution in [0.3, 0.4) is 0 Å². The lowest BCUT2D eigenvalue weighted by Crippen LogP contribution is -2.41. The molecule has 0 N–H and O–H groups in total. The van der Waals surface area contributed by atoms with E-state index >= 15 is 0 Å². The number of hydrogen-bond donors (Lipinski definition) is 0. The zero-order chi connectivity index (χ0) is 17.2. The van der Waals surface area contributed by atoms with Crippen LogP contribution >= 0.6 is 0 Å². The highest BCUT2D eigenvalue weighted by Gasteiger charge is 2.24. The molecule has 2 rings (SSSR count). The van der Waals surface area contributed by atoms with Crippen molar-refractivity contribution < 1.29 is 9.53 Å². The topological polar surface area (TPSA) is 29.5 Å². The lowest BCUT2D eigenvalue weighted by Gasteiger charge is -2.25. The first kappa shape index (κ1) is 17.8. The highest BCUT2D eigenvalue weighted by atomic mass is 16.5. The lowest BCUT2D eigenvalue weighted by atomic mass is 10.1. The van der Waals surface area contributed by atoms with E-state index in [1.807, 2.05) is 59.9 Å². The Morgan fingerprint density at radius 1 is 1.38 bits per heavy atom. The van der Waals surface area contributed by atoms with Crippen LogP contribution in [-0.4, -0.2) is 30.1 Å². The van der Waals surface area contributed by atoms with Crippen molar-refractivity contribution in [2.24, 2.45) is 0 Å². The van der Waals surface area contributed by atoms with Crippen molar-refractivity contribution >= 4 is 5.97 Å². The van der Waals surface area contributed by atoms with E-state index in [-0.39, 0.29) is 5.97 Å². The first-order valence-corrected chi connectivity index (χ1v) is 8.03. The van der Waals surface area contributed by atoms with Gasteiger partial charge in [0.1, 0.15) is 0 Å². The zero-order valence-corrected chi connectivity index (χ0v) is 13.9. The van der Waals surface area contributed by atoms with E-state index in [9.17, 15) is 4.79 Å². The number of carbonyl (C=O) groups is 1. The maximum Gasteiger partial charge on any atom is 0.335 e. The molecule has 0 fully saturated rings. The van der Waals surface area contributed by atoms with Gasteiger partial charge < -0.3 is 4.74 Å². The van der Waals surface area contributed by atoms with Gasteiger partial charge in [-0.2, -0.15) is 0 Å². The molecule has 1 aliphatic rings. The fraction of sp³-hybridized carbons (Fsp3) is 0.238. The Labute approximate surface area is 144 Å². The van der Waals surface area contributed by atoms with E-state index in [1.54, 1.807) is 13.0 Å². The quantitative estimate of drug-likeness (QED) is 0.438. The second kappa shape index (κ2) is 9.54. The normalized spacial score (nSPS) is 13.8. The monoisotopic (exact) mass is 320 g/mol. The van der Waals surface area contributed by atoms with E-state index in [0.717, 1.165) is 11.1 Å². The van der Waals surface area contributed by atoms with Crippen molar-refractivity contribution in [2.45, 2.75) is 19.5 Å². The average molecular weight is 320 g/mol. The SMILES string of the molecule is C=CCN(Cc1ccccc1)C(C#CC1=C[CH]C=C1)C(=O)OCC. The van der Waals surface area contributed by atoms with Crippen LogP contribution in [0.5, 0.6) is 0 Å². The molecule has 1 atom stereocenters. The molecule has 1 unspecified atom stereocenters. The molecule has 0 aliphatic heterocycles. The second-order valence-electron chi connectivity index (χ2n) is 5.30. The molecule has 1 radical (unpaired) electrons. The highest BCUT2D eigenvalue weighted by Crippen LogP contribution is 2.11. The maximum absolute atomic E-state index is 12.4. The predicted molar refractivity (Wildman–Crippen MR) is 96.8 cm³/mol. The summed E-state index contributed by atoms with van der Waals surface area (Å²) in [6, 6.07) is 9.37. The third-order valence-electron chi connectivity index (χ3n) is 3.48. The van der Waals surface area contributed by atoms with E-state index in [1.165, 1.54) is 0 Å². The van der Waals surface area contributed by atoms with Crippen molar-refractivity contribution in [3.8, 4) is 11.8 Å². The van der Waals surface area contributed by atoms with Gasteiger partial charge in [-0.05, 0) is 12.5 Å². The Kier molecular flexibility index (Phi) is 7.07. The van der Waals surface area contributed by atoms with Gasteiger partial charge in [-0.3, -0.25) is 4.90 Å². The molecule has 0 amide bonds. The van der Waals surface area contributed by atoms with Crippen molar-refractivity contribution in [1.82, 2.24) is 4.90 Å². The van der Waals surface area contributed by atoms with Gasteiger partial charge in [-0.15, -0.1) is 6.58 Å². The smallest absolute Gasteiger partial charge is 0.335 e. The third-order valence-corrected chi connectivity index (χ3v) is 3.48. The zero-order valence-electron chi connectivity index (χ0n) is 13.9. The number of ether oxygens (including phenoxy) is 1. The summed E-state index contributed by atoms with van der Waals surface area (Å²) in [5.74, 6) is 5.80. The Balaban J connectivity index is 2.24. The molecule has 0 saturated heterocycles. The van der Waals surface area contributed by atoms with Crippen molar-refractivity contribution in [2.75, 3.05) is 13.2 Å². The molecule has 0 bridgehead atoms. The van der Waals surface area contributed by atoms with Crippen LogP contribution in [0.1, 0.15) is 12.5 Å². The van der Waals surface area contributed by atoms with Gasteiger partial charge >= 0.3 is 5.97 Å². The summed E-state index contributed by atoms with van der Waals surface area (Å²) >= 11 is 0. The van der Waals surface area contributed by atoms with Gasteiger partial charge in [0, 0.05) is 25.1 Å². The molecular formula is C21H22NO2. The highest BCUT2D eigenvalue weighted by molar-refractivity contribution is 5.80. The van der Waals surface area contributed by atoms with Gasteiger partial charge in [0.15, 0.2) is 6.04 Å². The molecule has 1 aromatic carbocycles. The Hall–Kier alpha value is -2.57. The summed E-state index contributed by atoms with van der Waals surface area (Å²) in [4.78, 5) is 14.4. The predicted octanol–water partition coefficient (Wildman–Crippen LogP) is 3.31. The summed E-state index contributed by atoms with van der Waals surface area (Å²) in [5, 5.41) is 0. The number of benzene rings is 1. The first-order valence-electron chi connectivity index (χ1n) is 8.03. The third kappa shape index (κ3) is 5.26. The molecule has 0 saturated carbocycles. The van der Waals surface area contributed by atoms with Crippen molar-refractivity contribution in [1.29, 1.82) is 0 Å². The number of hydrogen-bond acceptors (Lipinski definition) is 3. The van der Waals surface area contributed by atoms with E-state index in [0.29, 0.717) is 19.7 Å². The Morgan fingerprint density at radius 2 is 2.17 bits per heavy atom. The van der Waals surface area contributed by atoms with Crippen LogP contribution in [0.4, 0.5) is 0 Å². The number of rotatable bonds is 7.